The van der Waals surface area contributed by atoms with Crippen molar-refractivity contribution in [2.24, 2.45) is 0 Å². The number of nitrogens with zero attached hydrogens (tertiary/aromatic N) is 3. The van der Waals surface area contributed by atoms with Crippen molar-refractivity contribution in [2.45, 2.75) is 50.3 Å². The molecule has 0 radical (unpaired) electrons. The smallest absolute Gasteiger partial charge is 0.410 e. The highest BCUT2D eigenvalue weighted by molar-refractivity contribution is 6.04. The van der Waals surface area contributed by atoms with E-state index in [0.717, 1.165) is 66.5 Å². The van der Waals surface area contributed by atoms with Crippen molar-refractivity contribution in [1.82, 2.24) is 25.0 Å². The number of H-pyrrole nitrogens is 1. The number of fused-ring (bicyclic) bond motifs is 1. The zero-order valence-electron chi connectivity index (χ0n) is 26.7. The number of rotatable bonds is 13. The number of piperidine rings is 1. The monoisotopic (exact) mass is 633 g/mol. The Hall–Kier alpha value is -4.89. The molecule has 3 aromatic carbocycles. The quantitative estimate of drug-likeness (QED) is 0.137. The minimum atomic E-state index is -0.588. The standard InChI is InChI=1S/C38H43N5O4/c1-2-20-42(38(46)47-27-28-11-5-3-6-12-28)32-18-22-41(23-19-32)21-17-30(29-13-7-4-8-14-29)26-43-36(44)35(40-37(43)45)24-31-25-39-34-16-10-9-15-33(31)34/h2-16,25,30,32,35,39H,1,17-24,26-27H2,(H,40,45)/t30?,35-/m1/s1. The molecule has 3 heterocycles. The fraction of sp³-hybridized carbons (Fsp3) is 0.342. The van der Waals surface area contributed by atoms with E-state index in [1.165, 1.54) is 4.90 Å². The molecule has 0 bridgehead atoms. The molecule has 0 aliphatic carbocycles. The molecule has 244 valence electrons. The number of amides is 4. The number of carbonyl (C=O) groups is 3. The van der Waals surface area contributed by atoms with Crippen LogP contribution in [0.15, 0.2) is 104 Å². The molecule has 2 aliphatic rings. The van der Waals surface area contributed by atoms with Crippen molar-refractivity contribution >= 4 is 28.9 Å². The highest BCUT2D eigenvalue weighted by Crippen LogP contribution is 2.27. The van der Waals surface area contributed by atoms with Gasteiger partial charge in [-0.25, -0.2) is 9.59 Å². The first kappa shape index (κ1) is 32.1. The Morgan fingerprint density at radius 1 is 0.979 bits per heavy atom. The summed E-state index contributed by atoms with van der Waals surface area (Å²) in [6.45, 7) is 7.40. The van der Waals surface area contributed by atoms with Gasteiger partial charge in [-0.1, -0.05) is 84.9 Å². The predicted molar refractivity (Wildman–Crippen MR) is 183 cm³/mol. The molecular formula is C38H43N5O4. The lowest BCUT2D eigenvalue weighted by Crippen LogP contribution is -2.48. The molecule has 1 unspecified atom stereocenters. The predicted octanol–water partition coefficient (Wildman–Crippen LogP) is 6.09. The number of hydrogen-bond donors (Lipinski definition) is 2. The SMILES string of the molecule is C=CCN(C(=O)OCc1ccccc1)C1CCN(CCC(CN2C(=O)N[C@H](Cc3c[nH]c4ccccc34)C2=O)c2ccccc2)CC1. The number of para-hydroxylation sites is 1. The van der Waals surface area contributed by atoms with Gasteiger partial charge in [0.25, 0.3) is 5.91 Å². The highest BCUT2D eigenvalue weighted by atomic mass is 16.6. The van der Waals surface area contributed by atoms with E-state index in [-0.39, 0.29) is 36.6 Å². The van der Waals surface area contributed by atoms with E-state index in [2.05, 4.69) is 33.9 Å². The van der Waals surface area contributed by atoms with Gasteiger partial charge in [0.15, 0.2) is 0 Å². The van der Waals surface area contributed by atoms with E-state index in [9.17, 15) is 14.4 Å². The van der Waals surface area contributed by atoms with Crippen LogP contribution in [-0.2, 0) is 22.6 Å². The van der Waals surface area contributed by atoms with Gasteiger partial charge in [-0.3, -0.25) is 9.69 Å². The lowest BCUT2D eigenvalue weighted by molar-refractivity contribution is -0.127. The van der Waals surface area contributed by atoms with Crippen LogP contribution in [0.1, 0.15) is 41.9 Å². The maximum atomic E-state index is 13.6. The van der Waals surface area contributed by atoms with Gasteiger partial charge in [-0.15, -0.1) is 6.58 Å². The van der Waals surface area contributed by atoms with E-state index in [4.69, 9.17) is 4.74 Å². The number of urea groups is 1. The molecule has 2 saturated heterocycles. The lowest BCUT2D eigenvalue weighted by atomic mass is 9.94. The number of imide groups is 1. The maximum Gasteiger partial charge on any atom is 0.410 e. The summed E-state index contributed by atoms with van der Waals surface area (Å²) in [5, 5.41) is 4.00. The average Bonchev–Trinajstić information content (AvgIpc) is 3.64. The van der Waals surface area contributed by atoms with Crippen molar-refractivity contribution in [3.05, 3.63) is 120 Å². The van der Waals surface area contributed by atoms with Gasteiger partial charge in [0.05, 0.1) is 0 Å². The van der Waals surface area contributed by atoms with Crippen LogP contribution < -0.4 is 5.32 Å². The number of aromatic nitrogens is 1. The molecule has 0 spiro atoms. The molecule has 0 saturated carbocycles. The van der Waals surface area contributed by atoms with Crippen LogP contribution in [0.2, 0.25) is 0 Å². The van der Waals surface area contributed by atoms with Gasteiger partial charge < -0.3 is 24.8 Å². The second kappa shape index (κ2) is 15.1. The van der Waals surface area contributed by atoms with Crippen LogP contribution >= 0.6 is 0 Å². The Labute approximate surface area is 276 Å². The zero-order valence-corrected chi connectivity index (χ0v) is 26.7. The van der Waals surface area contributed by atoms with E-state index in [1.807, 2.05) is 79.0 Å². The normalized spacial score (nSPS) is 17.9. The Morgan fingerprint density at radius 3 is 2.43 bits per heavy atom. The third-order valence-corrected chi connectivity index (χ3v) is 9.44. The fourth-order valence-corrected chi connectivity index (χ4v) is 6.82. The molecule has 2 atom stereocenters. The lowest BCUT2D eigenvalue weighted by Gasteiger charge is -2.38. The van der Waals surface area contributed by atoms with Gasteiger partial charge in [-0.05, 0) is 48.6 Å². The molecule has 2 fully saturated rings. The van der Waals surface area contributed by atoms with Gasteiger partial charge in [0, 0.05) is 61.7 Å². The molecule has 47 heavy (non-hydrogen) atoms. The second-order valence-corrected chi connectivity index (χ2v) is 12.5. The minimum Gasteiger partial charge on any atom is -0.445 e. The number of carbonyl (C=O) groups excluding carboxylic acids is 3. The van der Waals surface area contributed by atoms with Crippen LogP contribution in [0, 0.1) is 0 Å². The maximum absolute atomic E-state index is 13.6. The Kier molecular flexibility index (Phi) is 10.3. The number of benzene rings is 3. The van der Waals surface area contributed by atoms with Crippen molar-refractivity contribution in [1.29, 1.82) is 0 Å². The summed E-state index contributed by atoms with van der Waals surface area (Å²) in [7, 11) is 0. The summed E-state index contributed by atoms with van der Waals surface area (Å²) in [6.07, 6.45) is 6.29. The topological polar surface area (TPSA) is 98.0 Å². The van der Waals surface area contributed by atoms with Crippen molar-refractivity contribution < 1.29 is 19.1 Å². The number of aromatic amines is 1. The Bertz CT molecular complexity index is 1670. The molecule has 2 aliphatic heterocycles. The first-order chi connectivity index (χ1) is 23.0. The third-order valence-electron chi connectivity index (χ3n) is 9.44. The van der Waals surface area contributed by atoms with E-state index in [1.54, 1.807) is 11.0 Å². The van der Waals surface area contributed by atoms with E-state index in [0.29, 0.717) is 19.5 Å². The number of likely N-dealkylation sites (tertiary alicyclic amines) is 1. The van der Waals surface area contributed by atoms with Crippen molar-refractivity contribution in [3.63, 3.8) is 0 Å². The summed E-state index contributed by atoms with van der Waals surface area (Å²) >= 11 is 0. The van der Waals surface area contributed by atoms with Crippen LogP contribution in [0.25, 0.3) is 10.9 Å². The fourth-order valence-electron chi connectivity index (χ4n) is 6.82. The summed E-state index contributed by atoms with van der Waals surface area (Å²) in [5.41, 5.74) is 4.10. The average molecular weight is 634 g/mol. The number of hydrogen-bond acceptors (Lipinski definition) is 5. The molecule has 9 heteroatoms. The van der Waals surface area contributed by atoms with E-state index < -0.39 is 6.04 Å². The summed E-state index contributed by atoms with van der Waals surface area (Å²) in [6, 6.07) is 27.0. The molecule has 1 aromatic heterocycles. The molecule has 6 rings (SSSR count). The first-order valence-corrected chi connectivity index (χ1v) is 16.5. The van der Waals surface area contributed by atoms with Crippen LogP contribution in [0.5, 0.6) is 0 Å². The summed E-state index contributed by atoms with van der Waals surface area (Å²) < 4.78 is 5.65. The van der Waals surface area contributed by atoms with Crippen molar-refractivity contribution in [3.8, 4) is 0 Å². The molecule has 4 aromatic rings. The largest absolute Gasteiger partial charge is 0.445 e. The van der Waals surface area contributed by atoms with Crippen LogP contribution in [0.3, 0.4) is 0 Å². The molecule has 4 amide bonds. The second-order valence-electron chi connectivity index (χ2n) is 12.5. The van der Waals surface area contributed by atoms with Gasteiger partial charge in [0.1, 0.15) is 12.6 Å². The first-order valence-electron chi connectivity index (χ1n) is 16.5. The summed E-state index contributed by atoms with van der Waals surface area (Å²) in [4.78, 5) is 48.6. The molecule has 2 N–H and O–H groups in total. The van der Waals surface area contributed by atoms with Gasteiger partial charge in [0.2, 0.25) is 0 Å². The Balaban J connectivity index is 1.04. The molecule has 9 nitrogen and oxygen atoms in total. The number of nitrogens with one attached hydrogen (secondary N) is 2. The van der Waals surface area contributed by atoms with Gasteiger partial charge in [-0.2, -0.15) is 0 Å². The molecular weight excluding hydrogens is 590 g/mol. The highest BCUT2D eigenvalue weighted by Gasteiger charge is 2.39. The minimum absolute atomic E-state index is 0.000640. The van der Waals surface area contributed by atoms with Crippen LogP contribution in [-0.4, -0.2) is 82.5 Å². The van der Waals surface area contributed by atoms with Gasteiger partial charge >= 0.3 is 12.1 Å². The van der Waals surface area contributed by atoms with E-state index >= 15 is 0 Å². The summed E-state index contributed by atoms with van der Waals surface area (Å²) in [5.74, 6) is -0.177. The number of ether oxygens (including phenoxy) is 1. The third kappa shape index (κ3) is 7.74. The zero-order chi connectivity index (χ0) is 32.6. The van der Waals surface area contributed by atoms with Crippen LogP contribution in [0.4, 0.5) is 9.59 Å². The van der Waals surface area contributed by atoms with Crippen molar-refractivity contribution in [2.75, 3.05) is 32.7 Å². The Morgan fingerprint density at radius 2 is 1.68 bits per heavy atom.